The first-order valence-corrected chi connectivity index (χ1v) is 12.7. The predicted molar refractivity (Wildman–Crippen MR) is 119 cm³/mol. The quantitative estimate of drug-likeness (QED) is 0.222. The van der Waals surface area contributed by atoms with E-state index in [9.17, 15) is 25.2 Å². The molecule has 192 valence electrons. The van der Waals surface area contributed by atoms with Crippen molar-refractivity contribution in [2.75, 3.05) is 39.3 Å². The second-order valence-corrected chi connectivity index (χ2v) is 10.1. The molecule has 0 unspecified atom stereocenters. The van der Waals surface area contributed by atoms with Crippen molar-refractivity contribution in [3.63, 3.8) is 0 Å². The minimum absolute atomic E-state index is 0. The van der Waals surface area contributed by atoms with Gasteiger partial charge < -0.3 is 9.80 Å². The molecule has 2 heterocycles. The van der Waals surface area contributed by atoms with Gasteiger partial charge in [-0.3, -0.25) is 4.98 Å². The van der Waals surface area contributed by atoms with Gasteiger partial charge in [0.1, 0.15) is 0 Å². The van der Waals surface area contributed by atoms with Crippen LogP contribution in [0.2, 0.25) is 0 Å². The first kappa shape index (κ1) is 29.9. The fourth-order valence-corrected chi connectivity index (χ4v) is 3.57. The molecule has 1 aromatic heterocycles. The minimum Gasteiger partial charge on any atom is 1.00 e. The first-order chi connectivity index (χ1) is 14.7. The SMILES string of the molecule is Cc1ccc(CCN2CCCN(CCc3ccccn3)CCC2)cc1.F[P-](F)(F)(F)(F)F.[Cu+]. The Balaban J connectivity index is 0.000000595. The molecule has 0 aliphatic carbocycles. The molecule has 0 radical (unpaired) electrons. The number of nitrogens with zero attached hydrogens (tertiary/aromatic N) is 3. The van der Waals surface area contributed by atoms with Crippen molar-refractivity contribution >= 4 is 7.81 Å². The second kappa shape index (κ2) is 12.0. The topological polar surface area (TPSA) is 19.4 Å². The van der Waals surface area contributed by atoms with Crippen LogP contribution in [0.25, 0.3) is 0 Å². The summed E-state index contributed by atoms with van der Waals surface area (Å²) in [5.41, 5.74) is 4.02. The molecule has 1 aliphatic rings. The standard InChI is InChI=1S/C22H31N3.Cu.F6P/c1-20-7-9-21(10-8-20)11-18-24-14-4-16-25(17-5-15-24)19-12-22-6-2-3-13-23-22;;1-7(2,3,4,5)6/h2-3,6-10,13H,4-5,11-12,14-19H2,1H3;;/q;+1;-1. The molecule has 33 heavy (non-hydrogen) atoms. The van der Waals surface area contributed by atoms with E-state index in [1.54, 1.807) is 0 Å². The predicted octanol–water partition coefficient (Wildman–Crippen LogP) is 6.95. The van der Waals surface area contributed by atoms with Crippen molar-refractivity contribution < 1.29 is 42.3 Å². The molecule has 1 aliphatic heterocycles. The van der Waals surface area contributed by atoms with Crippen LogP contribution in [-0.4, -0.2) is 54.1 Å². The van der Waals surface area contributed by atoms with E-state index in [-0.39, 0.29) is 17.1 Å². The molecule has 0 amide bonds. The van der Waals surface area contributed by atoms with Crippen molar-refractivity contribution in [1.29, 1.82) is 0 Å². The normalized spacial score (nSPS) is 17.9. The fraction of sp³-hybridized carbons (Fsp3) is 0.500. The molecule has 3 nitrogen and oxygen atoms in total. The second-order valence-electron chi connectivity index (χ2n) is 8.16. The molecule has 0 bridgehead atoms. The van der Waals surface area contributed by atoms with Crippen LogP contribution in [0.1, 0.15) is 29.7 Å². The monoisotopic (exact) mass is 545 g/mol. The number of pyridine rings is 1. The Labute approximate surface area is 202 Å². The van der Waals surface area contributed by atoms with Gasteiger partial charge in [0.25, 0.3) is 0 Å². The smallest absolute Gasteiger partial charge is 1.00 e. The van der Waals surface area contributed by atoms with Gasteiger partial charge in [0, 0.05) is 31.4 Å². The Bertz CT molecular complexity index is 798. The van der Waals surface area contributed by atoms with Gasteiger partial charge in [-0.15, -0.1) is 0 Å². The number of hydrogen-bond acceptors (Lipinski definition) is 3. The van der Waals surface area contributed by atoms with E-state index in [4.69, 9.17) is 0 Å². The Hall–Kier alpha value is -1.18. The minimum atomic E-state index is -10.7. The summed E-state index contributed by atoms with van der Waals surface area (Å²) in [6.45, 7) is 9.37. The number of halogens is 6. The zero-order valence-corrected chi connectivity index (χ0v) is 20.4. The van der Waals surface area contributed by atoms with Crippen LogP contribution < -0.4 is 0 Å². The van der Waals surface area contributed by atoms with Gasteiger partial charge >= 0.3 is 50.1 Å². The molecule has 2 aromatic rings. The molecule has 0 spiro atoms. The van der Waals surface area contributed by atoms with Gasteiger partial charge in [0.15, 0.2) is 0 Å². The zero-order valence-electron chi connectivity index (χ0n) is 18.5. The number of benzene rings is 1. The molecule has 3 rings (SSSR count). The zero-order chi connectivity index (χ0) is 23.7. The van der Waals surface area contributed by atoms with Crippen molar-refractivity contribution in [3.05, 3.63) is 65.5 Å². The van der Waals surface area contributed by atoms with Crippen molar-refractivity contribution in [1.82, 2.24) is 14.8 Å². The average molecular weight is 546 g/mol. The molecule has 0 saturated carbocycles. The molecule has 1 aromatic carbocycles. The number of hydrogen-bond donors (Lipinski definition) is 0. The van der Waals surface area contributed by atoms with Crippen LogP contribution in [0.15, 0.2) is 48.7 Å². The summed E-state index contributed by atoms with van der Waals surface area (Å²) < 4.78 is 59.2. The van der Waals surface area contributed by atoms with Gasteiger partial charge in [-0.2, -0.15) is 0 Å². The largest absolute Gasteiger partial charge is 1.00 e. The fourth-order valence-electron chi connectivity index (χ4n) is 3.57. The van der Waals surface area contributed by atoms with Gasteiger partial charge in [-0.05, 0) is 70.1 Å². The Morgan fingerprint density at radius 1 is 0.758 bits per heavy atom. The summed E-state index contributed by atoms with van der Waals surface area (Å²) in [6.07, 6.45) is 6.68. The van der Waals surface area contributed by atoms with Crippen LogP contribution in [0.5, 0.6) is 0 Å². The molecule has 0 atom stereocenters. The van der Waals surface area contributed by atoms with E-state index >= 15 is 0 Å². The maximum Gasteiger partial charge on any atom is 1.00 e. The Morgan fingerprint density at radius 3 is 1.70 bits per heavy atom. The summed E-state index contributed by atoms with van der Waals surface area (Å²) in [4.78, 5) is 9.71. The van der Waals surface area contributed by atoms with E-state index in [0.717, 1.165) is 13.0 Å². The summed E-state index contributed by atoms with van der Waals surface area (Å²) in [6, 6.07) is 15.2. The third-order valence-electron chi connectivity index (χ3n) is 5.14. The van der Waals surface area contributed by atoms with Crippen LogP contribution >= 0.6 is 7.81 Å². The van der Waals surface area contributed by atoms with Crippen molar-refractivity contribution in [2.45, 2.75) is 32.6 Å². The van der Waals surface area contributed by atoms with Gasteiger partial charge in [-0.1, -0.05) is 35.9 Å². The van der Waals surface area contributed by atoms with E-state index in [0.29, 0.717) is 0 Å². The van der Waals surface area contributed by atoms with Crippen molar-refractivity contribution in [3.8, 4) is 0 Å². The third-order valence-corrected chi connectivity index (χ3v) is 5.14. The first-order valence-electron chi connectivity index (χ1n) is 10.7. The molecule has 1 saturated heterocycles. The number of rotatable bonds is 6. The summed E-state index contributed by atoms with van der Waals surface area (Å²) in [7, 11) is -10.7. The van der Waals surface area contributed by atoms with Crippen LogP contribution in [0, 0.1) is 6.92 Å². The van der Waals surface area contributed by atoms with E-state index < -0.39 is 7.81 Å². The van der Waals surface area contributed by atoms with Crippen LogP contribution in [0.3, 0.4) is 0 Å². The van der Waals surface area contributed by atoms with Crippen LogP contribution in [-0.2, 0) is 29.9 Å². The molecule has 0 N–H and O–H groups in total. The number of aryl methyl sites for hydroxylation is 1. The molecule has 1 fully saturated rings. The third kappa shape index (κ3) is 17.0. The van der Waals surface area contributed by atoms with E-state index in [2.05, 4.69) is 58.1 Å². The van der Waals surface area contributed by atoms with Gasteiger partial charge in [0.05, 0.1) is 0 Å². The maximum absolute atomic E-state index is 10.7. The number of aromatic nitrogens is 1. The van der Waals surface area contributed by atoms with Crippen LogP contribution in [0.4, 0.5) is 25.2 Å². The molecular weight excluding hydrogens is 515 g/mol. The van der Waals surface area contributed by atoms with E-state index in [1.165, 1.54) is 68.8 Å². The van der Waals surface area contributed by atoms with Gasteiger partial charge in [0.2, 0.25) is 0 Å². The van der Waals surface area contributed by atoms with Gasteiger partial charge in [-0.25, -0.2) is 0 Å². The van der Waals surface area contributed by atoms with E-state index in [1.807, 2.05) is 12.3 Å². The summed E-state index contributed by atoms with van der Waals surface area (Å²) >= 11 is 0. The molecule has 11 heteroatoms. The Morgan fingerprint density at radius 2 is 1.24 bits per heavy atom. The average Bonchev–Trinajstić information content (AvgIpc) is 2.66. The Kier molecular flexibility index (Phi) is 10.8. The van der Waals surface area contributed by atoms with Crippen molar-refractivity contribution in [2.24, 2.45) is 0 Å². The maximum atomic E-state index is 9.87. The summed E-state index contributed by atoms with van der Waals surface area (Å²) in [5.74, 6) is 0. The summed E-state index contributed by atoms with van der Waals surface area (Å²) in [5, 5.41) is 0. The molecular formula is C22H31CuF6N3P.